The number of hydrogen-bond acceptors (Lipinski definition) is 6. The summed E-state index contributed by atoms with van der Waals surface area (Å²) in [7, 11) is 1.66. The standard InChI is InChI=1S/C19H19N5OS/c1-12-22-11-16(18(21)23-12)24(2)19(25)15-5-3-4-6-17(15)26-14-9-7-13(20)8-10-14/h3-11H,20H2,1-2H3,(H2,21,22,23). The summed E-state index contributed by atoms with van der Waals surface area (Å²) in [5.41, 5.74) is 13.4. The zero-order valence-corrected chi connectivity index (χ0v) is 15.3. The van der Waals surface area contributed by atoms with Crippen LogP contribution >= 0.6 is 11.8 Å². The van der Waals surface area contributed by atoms with Crippen LogP contribution in [0.1, 0.15) is 16.2 Å². The Morgan fingerprint density at radius 1 is 1.08 bits per heavy atom. The summed E-state index contributed by atoms with van der Waals surface area (Å²) in [6.07, 6.45) is 1.56. The summed E-state index contributed by atoms with van der Waals surface area (Å²) in [5.74, 6) is 0.658. The van der Waals surface area contributed by atoms with Crippen LogP contribution in [0.4, 0.5) is 17.2 Å². The second-order valence-electron chi connectivity index (χ2n) is 5.72. The van der Waals surface area contributed by atoms with Crippen LogP contribution in [-0.2, 0) is 0 Å². The Bertz CT molecular complexity index is 943. The van der Waals surface area contributed by atoms with Gasteiger partial charge in [-0.25, -0.2) is 9.97 Å². The van der Waals surface area contributed by atoms with Crippen molar-refractivity contribution >= 4 is 34.9 Å². The molecule has 3 aromatic rings. The number of benzene rings is 2. The van der Waals surface area contributed by atoms with Crippen molar-refractivity contribution in [2.45, 2.75) is 16.7 Å². The first-order chi connectivity index (χ1) is 12.5. The lowest BCUT2D eigenvalue weighted by Crippen LogP contribution is -2.28. The minimum atomic E-state index is -0.178. The molecule has 0 unspecified atom stereocenters. The van der Waals surface area contributed by atoms with E-state index in [1.807, 2.05) is 42.5 Å². The molecule has 3 rings (SSSR count). The lowest BCUT2D eigenvalue weighted by Gasteiger charge is -2.20. The number of carbonyl (C=O) groups is 1. The maximum absolute atomic E-state index is 13.0. The average Bonchev–Trinajstić information content (AvgIpc) is 2.63. The van der Waals surface area contributed by atoms with Crippen LogP contribution in [0.15, 0.2) is 64.5 Å². The predicted octanol–water partition coefficient (Wildman–Crippen LogP) is 3.38. The molecule has 4 N–H and O–H groups in total. The number of amides is 1. The van der Waals surface area contributed by atoms with Gasteiger partial charge in [0.15, 0.2) is 5.82 Å². The van der Waals surface area contributed by atoms with Gasteiger partial charge in [0, 0.05) is 22.5 Å². The smallest absolute Gasteiger partial charge is 0.259 e. The summed E-state index contributed by atoms with van der Waals surface area (Å²) in [6.45, 7) is 1.75. The van der Waals surface area contributed by atoms with Gasteiger partial charge in [-0.3, -0.25) is 4.79 Å². The molecule has 0 fully saturated rings. The Morgan fingerprint density at radius 2 is 1.77 bits per heavy atom. The molecular weight excluding hydrogens is 346 g/mol. The number of aryl methyl sites for hydroxylation is 1. The molecule has 0 saturated carbocycles. The molecule has 7 heteroatoms. The number of nitrogens with two attached hydrogens (primary N) is 2. The maximum Gasteiger partial charge on any atom is 0.259 e. The van der Waals surface area contributed by atoms with Gasteiger partial charge in [0.2, 0.25) is 0 Å². The summed E-state index contributed by atoms with van der Waals surface area (Å²) >= 11 is 1.50. The van der Waals surface area contributed by atoms with Crippen molar-refractivity contribution in [1.29, 1.82) is 0 Å². The number of anilines is 3. The minimum Gasteiger partial charge on any atom is -0.399 e. The second kappa shape index (κ2) is 7.45. The molecule has 6 nitrogen and oxygen atoms in total. The molecule has 0 aliphatic heterocycles. The van der Waals surface area contributed by atoms with Gasteiger partial charge in [-0.1, -0.05) is 23.9 Å². The van der Waals surface area contributed by atoms with E-state index in [4.69, 9.17) is 11.5 Å². The van der Waals surface area contributed by atoms with Gasteiger partial charge in [0.1, 0.15) is 11.5 Å². The van der Waals surface area contributed by atoms with E-state index in [2.05, 4.69) is 9.97 Å². The summed E-state index contributed by atoms with van der Waals surface area (Å²) in [5, 5.41) is 0. The molecule has 0 aliphatic carbocycles. The van der Waals surface area contributed by atoms with E-state index < -0.39 is 0 Å². The molecular formula is C19H19N5OS. The Kier molecular flexibility index (Phi) is 5.09. The van der Waals surface area contributed by atoms with Gasteiger partial charge in [-0.2, -0.15) is 0 Å². The van der Waals surface area contributed by atoms with Gasteiger partial charge in [0.25, 0.3) is 5.91 Å². The minimum absolute atomic E-state index is 0.178. The van der Waals surface area contributed by atoms with Crippen LogP contribution in [0.2, 0.25) is 0 Å². The Balaban J connectivity index is 1.91. The second-order valence-corrected chi connectivity index (χ2v) is 6.83. The SMILES string of the molecule is Cc1ncc(N(C)C(=O)c2ccccc2Sc2ccc(N)cc2)c(N)n1. The van der Waals surface area contributed by atoms with Gasteiger partial charge >= 0.3 is 0 Å². The molecule has 1 amide bonds. The third kappa shape index (κ3) is 3.78. The number of carbonyl (C=O) groups excluding carboxylic acids is 1. The van der Waals surface area contributed by atoms with Gasteiger partial charge in [-0.15, -0.1) is 0 Å². The largest absolute Gasteiger partial charge is 0.399 e. The molecule has 0 aliphatic rings. The zero-order chi connectivity index (χ0) is 18.7. The molecule has 0 radical (unpaired) electrons. The highest BCUT2D eigenvalue weighted by Crippen LogP contribution is 2.32. The van der Waals surface area contributed by atoms with Crippen LogP contribution in [0.3, 0.4) is 0 Å². The van der Waals surface area contributed by atoms with Crippen molar-refractivity contribution in [2.24, 2.45) is 0 Å². The fourth-order valence-corrected chi connectivity index (χ4v) is 3.36. The topological polar surface area (TPSA) is 98.1 Å². The Labute approximate surface area is 156 Å². The van der Waals surface area contributed by atoms with E-state index >= 15 is 0 Å². The highest BCUT2D eigenvalue weighted by atomic mass is 32.2. The van der Waals surface area contributed by atoms with Crippen molar-refractivity contribution in [2.75, 3.05) is 23.4 Å². The van der Waals surface area contributed by atoms with E-state index in [1.165, 1.54) is 16.7 Å². The molecule has 0 bridgehead atoms. The number of nitrogens with zero attached hydrogens (tertiary/aromatic N) is 3. The van der Waals surface area contributed by atoms with Crippen LogP contribution in [0.5, 0.6) is 0 Å². The normalized spacial score (nSPS) is 10.5. The van der Waals surface area contributed by atoms with Crippen LogP contribution in [-0.4, -0.2) is 22.9 Å². The molecule has 1 aromatic heterocycles. The van der Waals surface area contributed by atoms with Gasteiger partial charge in [0.05, 0.1) is 11.8 Å². The van der Waals surface area contributed by atoms with E-state index in [0.29, 0.717) is 22.8 Å². The van der Waals surface area contributed by atoms with E-state index in [9.17, 15) is 4.79 Å². The fourth-order valence-electron chi connectivity index (χ4n) is 2.42. The molecule has 132 valence electrons. The van der Waals surface area contributed by atoms with Crippen LogP contribution < -0.4 is 16.4 Å². The Morgan fingerprint density at radius 3 is 2.46 bits per heavy atom. The van der Waals surface area contributed by atoms with Crippen molar-refractivity contribution in [3.63, 3.8) is 0 Å². The number of rotatable bonds is 4. The third-order valence-corrected chi connectivity index (χ3v) is 4.89. The number of nitrogen functional groups attached to an aromatic ring is 2. The van der Waals surface area contributed by atoms with Crippen LogP contribution in [0, 0.1) is 6.92 Å². The lowest BCUT2D eigenvalue weighted by molar-refractivity contribution is 0.0990. The monoisotopic (exact) mass is 365 g/mol. The van der Waals surface area contributed by atoms with Gasteiger partial charge in [-0.05, 0) is 43.3 Å². The summed E-state index contributed by atoms with van der Waals surface area (Å²) in [4.78, 5) is 24.6. The lowest BCUT2D eigenvalue weighted by atomic mass is 10.2. The quantitative estimate of drug-likeness (QED) is 0.688. The predicted molar refractivity (Wildman–Crippen MR) is 105 cm³/mol. The number of aromatic nitrogens is 2. The van der Waals surface area contributed by atoms with Crippen molar-refractivity contribution in [3.05, 3.63) is 66.1 Å². The third-order valence-electron chi connectivity index (χ3n) is 3.81. The molecule has 0 saturated heterocycles. The molecule has 0 atom stereocenters. The van der Waals surface area contributed by atoms with Crippen LogP contribution in [0.25, 0.3) is 0 Å². The molecule has 1 heterocycles. The van der Waals surface area contributed by atoms with E-state index in [1.54, 1.807) is 26.2 Å². The molecule has 0 spiro atoms. The van der Waals surface area contributed by atoms with E-state index in [0.717, 1.165) is 9.79 Å². The summed E-state index contributed by atoms with van der Waals surface area (Å²) < 4.78 is 0. The Hall–Kier alpha value is -3.06. The first-order valence-electron chi connectivity index (χ1n) is 7.95. The summed E-state index contributed by atoms with van der Waals surface area (Å²) in [6, 6.07) is 15.0. The molecule has 26 heavy (non-hydrogen) atoms. The van der Waals surface area contributed by atoms with E-state index in [-0.39, 0.29) is 11.7 Å². The fraction of sp³-hybridized carbons (Fsp3) is 0.105. The van der Waals surface area contributed by atoms with Crippen molar-refractivity contribution in [1.82, 2.24) is 9.97 Å². The first-order valence-corrected chi connectivity index (χ1v) is 8.77. The highest BCUT2D eigenvalue weighted by molar-refractivity contribution is 7.99. The zero-order valence-electron chi connectivity index (χ0n) is 14.5. The number of hydrogen-bond donors (Lipinski definition) is 2. The van der Waals surface area contributed by atoms with Crippen molar-refractivity contribution < 1.29 is 4.79 Å². The highest BCUT2D eigenvalue weighted by Gasteiger charge is 2.20. The maximum atomic E-state index is 13.0. The van der Waals surface area contributed by atoms with Gasteiger partial charge < -0.3 is 16.4 Å². The molecule has 2 aromatic carbocycles. The average molecular weight is 365 g/mol. The van der Waals surface area contributed by atoms with Crippen molar-refractivity contribution in [3.8, 4) is 0 Å². The first kappa shape index (κ1) is 17.8.